The third kappa shape index (κ3) is 2.24. The minimum absolute atomic E-state index is 0.821. The van der Waals surface area contributed by atoms with Crippen molar-refractivity contribution < 1.29 is 0 Å². The molecule has 2 heterocycles. The molecule has 5 nitrogen and oxygen atoms in total. The molecule has 0 saturated carbocycles. The van der Waals surface area contributed by atoms with E-state index < -0.39 is 0 Å². The maximum Gasteiger partial charge on any atom is 0.0945 e. The van der Waals surface area contributed by atoms with Crippen LogP contribution in [0.2, 0.25) is 0 Å². The summed E-state index contributed by atoms with van der Waals surface area (Å²) >= 11 is 0. The van der Waals surface area contributed by atoms with Gasteiger partial charge in [-0.05, 0) is 6.92 Å². The maximum atomic E-state index is 4.06. The van der Waals surface area contributed by atoms with Crippen LogP contribution in [0.15, 0.2) is 18.7 Å². The summed E-state index contributed by atoms with van der Waals surface area (Å²) in [7, 11) is 1.99. The van der Waals surface area contributed by atoms with Crippen LogP contribution in [0.3, 0.4) is 0 Å². The lowest BCUT2D eigenvalue weighted by molar-refractivity contribution is 0.653. The van der Waals surface area contributed by atoms with Crippen molar-refractivity contribution in [1.82, 2.24) is 25.1 Å². The predicted octanol–water partition coefficient (Wildman–Crippen LogP) is 0.741. The maximum absolute atomic E-state index is 4.06. The SMILES string of the molecule is Cc1[nH]ncc1CNCc1cncn1C. The van der Waals surface area contributed by atoms with Crippen molar-refractivity contribution in [1.29, 1.82) is 0 Å². The summed E-state index contributed by atoms with van der Waals surface area (Å²) in [5.74, 6) is 0. The van der Waals surface area contributed by atoms with Crippen LogP contribution >= 0.6 is 0 Å². The number of hydrogen-bond acceptors (Lipinski definition) is 3. The minimum atomic E-state index is 0.821. The van der Waals surface area contributed by atoms with Crippen LogP contribution in [0.25, 0.3) is 0 Å². The lowest BCUT2D eigenvalue weighted by Gasteiger charge is -2.04. The summed E-state index contributed by atoms with van der Waals surface area (Å²) in [6.07, 6.45) is 5.53. The van der Waals surface area contributed by atoms with E-state index in [0.29, 0.717) is 0 Å². The van der Waals surface area contributed by atoms with Crippen LogP contribution in [0.1, 0.15) is 17.0 Å². The van der Waals surface area contributed by atoms with Gasteiger partial charge in [0.25, 0.3) is 0 Å². The van der Waals surface area contributed by atoms with Gasteiger partial charge in [-0.1, -0.05) is 0 Å². The molecule has 0 spiro atoms. The van der Waals surface area contributed by atoms with E-state index in [1.54, 1.807) is 6.33 Å². The first-order valence-electron chi connectivity index (χ1n) is 4.92. The standard InChI is InChI=1S/C10H15N5/c1-8-9(4-13-14-8)3-11-5-10-6-12-7-15(10)2/h4,6-7,11H,3,5H2,1-2H3,(H,13,14). The number of aryl methyl sites for hydroxylation is 2. The molecule has 2 aromatic rings. The predicted molar refractivity (Wildman–Crippen MR) is 57.1 cm³/mol. The fourth-order valence-corrected chi connectivity index (χ4v) is 1.43. The molecule has 0 atom stereocenters. The first kappa shape index (κ1) is 9.92. The molecule has 0 aromatic carbocycles. The summed E-state index contributed by atoms with van der Waals surface area (Å²) in [6.45, 7) is 3.67. The monoisotopic (exact) mass is 205 g/mol. The molecular formula is C10H15N5. The molecule has 0 radical (unpaired) electrons. The van der Waals surface area contributed by atoms with Gasteiger partial charge in [-0.15, -0.1) is 0 Å². The largest absolute Gasteiger partial charge is 0.337 e. The summed E-state index contributed by atoms with van der Waals surface area (Å²) in [6, 6.07) is 0. The number of H-pyrrole nitrogens is 1. The smallest absolute Gasteiger partial charge is 0.0945 e. The third-order valence-electron chi connectivity index (χ3n) is 2.47. The van der Waals surface area contributed by atoms with Gasteiger partial charge in [0.2, 0.25) is 0 Å². The van der Waals surface area contributed by atoms with Gasteiger partial charge in [0.05, 0.1) is 18.2 Å². The average molecular weight is 205 g/mol. The molecule has 2 rings (SSSR count). The molecular weight excluding hydrogens is 190 g/mol. The zero-order chi connectivity index (χ0) is 10.7. The van der Waals surface area contributed by atoms with Crippen molar-refractivity contribution in [3.05, 3.63) is 35.7 Å². The molecule has 2 N–H and O–H groups in total. The number of hydrogen-bond donors (Lipinski definition) is 2. The van der Waals surface area contributed by atoms with Crippen molar-refractivity contribution in [3.63, 3.8) is 0 Å². The quantitative estimate of drug-likeness (QED) is 0.774. The molecule has 0 amide bonds. The molecule has 0 saturated heterocycles. The van der Waals surface area contributed by atoms with Gasteiger partial charge >= 0.3 is 0 Å². The summed E-state index contributed by atoms with van der Waals surface area (Å²) in [5.41, 5.74) is 3.50. The molecule has 0 aliphatic carbocycles. The van der Waals surface area contributed by atoms with E-state index in [9.17, 15) is 0 Å². The number of aromatic nitrogens is 4. The van der Waals surface area contributed by atoms with Crippen molar-refractivity contribution in [2.75, 3.05) is 0 Å². The molecule has 0 aliphatic rings. The number of aromatic amines is 1. The molecule has 5 heteroatoms. The highest BCUT2D eigenvalue weighted by Crippen LogP contribution is 2.02. The van der Waals surface area contributed by atoms with Gasteiger partial charge in [0.1, 0.15) is 0 Å². The first-order valence-corrected chi connectivity index (χ1v) is 4.92. The Hall–Kier alpha value is -1.62. The highest BCUT2D eigenvalue weighted by molar-refractivity contribution is 5.13. The van der Waals surface area contributed by atoms with E-state index in [0.717, 1.165) is 18.8 Å². The van der Waals surface area contributed by atoms with Crippen LogP contribution in [0, 0.1) is 6.92 Å². The summed E-state index contributed by atoms with van der Waals surface area (Å²) in [4.78, 5) is 4.06. The Bertz CT molecular complexity index is 388. The average Bonchev–Trinajstić information content (AvgIpc) is 2.78. The van der Waals surface area contributed by atoms with Crippen molar-refractivity contribution in [2.24, 2.45) is 7.05 Å². The molecule has 0 bridgehead atoms. The van der Waals surface area contributed by atoms with Crippen LogP contribution in [0.5, 0.6) is 0 Å². The molecule has 0 aliphatic heterocycles. The van der Waals surface area contributed by atoms with Gasteiger partial charge in [-0.2, -0.15) is 5.10 Å². The molecule has 80 valence electrons. The Balaban J connectivity index is 1.86. The minimum Gasteiger partial charge on any atom is -0.337 e. The number of imidazole rings is 1. The van der Waals surface area contributed by atoms with Gasteiger partial charge in [-0.3, -0.25) is 5.10 Å². The Morgan fingerprint density at radius 3 is 2.87 bits per heavy atom. The van der Waals surface area contributed by atoms with Gasteiger partial charge < -0.3 is 9.88 Å². The Morgan fingerprint density at radius 2 is 2.27 bits per heavy atom. The highest BCUT2D eigenvalue weighted by Gasteiger charge is 2.01. The van der Waals surface area contributed by atoms with Crippen LogP contribution < -0.4 is 5.32 Å². The normalized spacial score (nSPS) is 10.8. The second kappa shape index (κ2) is 4.27. The van der Waals surface area contributed by atoms with E-state index in [-0.39, 0.29) is 0 Å². The van der Waals surface area contributed by atoms with E-state index in [1.807, 2.05) is 30.9 Å². The van der Waals surface area contributed by atoms with Crippen molar-refractivity contribution >= 4 is 0 Å². The van der Waals surface area contributed by atoms with Gasteiger partial charge in [0, 0.05) is 37.6 Å². The van der Waals surface area contributed by atoms with Crippen molar-refractivity contribution in [2.45, 2.75) is 20.0 Å². The second-order valence-corrected chi connectivity index (χ2v) is 3.62. The number of nitrogens with zero attached hydrogens (tertiary/aromatic N) is 3. The van der Waals surface area contributed by atoms with E-state index in [4.69, 9.17) is 0 Å². The zero-order valence-corrected chi connectivity index (χ0v) is 8.99. The Kier molecular flexibility index (Phi) is 2.82. The molecule has 2 aromatic heterocycles. The van der Waals surface area contributed by atoms with E-state index in [2.05, 4.69) is 20.5 Å². The van der Waals surface area contributed by atoms with Crippen LogP contribution in [-0.4, -0.2) is 19.7 Å². The highest BCUT2D eigenvalue weighted by atomic mass is 15.1. The molecule has 15 heavy (non-hydrogen) atoms. The second-order valence-electron chi connectivity index (χ2n) is 3.62. The van der Waals surface area contributed by atoms with Gasteiger partial charge in [0.15, 0.2) is 0 Å². The lowest BCUT2D eigenvalue weighted by Crippen LogP contribution is -2.14. The summed E-state index contributed by atoms with van der Waals surface area (Å²) < 4.78 is 2.01. The fraction of sp³-hybridized carbons (Fsp3) is 0.400. The molecule has 0 fully saturated rings. The zero-order valence-electron chi connectivity index (χ0n) is 8.99. The first-order chi connectivity index (χ1) is 7.27. The summed E-state index contributed by atoms with van der Waals surface area (Å²) in [5, 5.41) is 10.2. The van der Waals surface area contributed by atoms with Crippen LogP contribution in [-0.2, 0) is 20.1 Å². The van der Waals surface area contributed by atoms with Crippen LogP contribution in [0.4, 0.5) is 0 Å². The van der Waals surface area contributed by atoms with E-state index >= 15 is 0 Å². The van der Waals surface area contributed by atoms with Gasteiger partial charge in [-0.25, -0.2) is 4.98 Å². The number of rotatable bonds is 4. The Morgan fingerprint density at radius 1 is 1.40 bits per heavy atom. The molecule has 0 unspecified atom stereocenters. The lowest BCUT2D eigenvalue weighted by atomic mass is 10.2. The Labute approximate surface area is 88.5 Å². The number of nitrogens with one attached hydrogen (secondary N) is 2. The van der Waals surface area contributed by atoms with E-state index in [1.165, 1.54) is 11.3 Å². The fourth-order valence-electron chi connectivity index (χ4n) is 1.43. The topological polar surface area (TPSA) is 58.5 Å². The third-order valence-corrected chi connectivity index (χ3v) is 2.47. The van der Waals surface area contributed by atoms with Crippen molar-refractivity contribution in [3.8, 4) is 0 Å².